The monoisotopic (exact) mass is 506 g/mol. The van der Waals surface area contributed by atoms with Crippen molar-refractivity contribution in [1.82, 2.24) is 25.2 Å². The Bertz CT molecular complexity index is 870. The zero-order chi connectivity index (χ0) is 19.6. The first-order chi connectivity index (χ1) is 13.8. The number of pyridine rings is 1. The topological polar surface area (TPSA) is 87.4 Å². The Morgan fingerprint density at radius 2 is 2.00 bits per heavy atom. The van der Waals surface area contributed by atoms with E-state index in [-0.39, 0.29) is 36.5 Å². The van der Waals surface area contributed by atoms with Gasteiger partial charge in [0, 0.05) is 37.6 Å². The van der Waals surface area contributed by atoms with E-state index in [9.17, 15) is 5.11 Å². The number of imidazole rings is 1. The summed E-state index contributed by atoms with van der Waals surface area (Å²) in [7, 11) is 0. The molecule has 0 spiro atoms. The van der Waals surface area contributed by atoms with Crippen molar-refractivity contribution in [2.24, 2.45) is 4.99 Å². The third kappa shape index (κ3) is 6.82. The lowest BCUT2D eigenvalue weighted by molar-refractivity contribution is 0.265. The van der Waals surface area contributed by atoms with Crippen LogP contribution in [0.2, 0.25) is 0 Å². The number of hydrogen-bond donors (Lipinski definition) is 3. The molecule has 0 aliphatic rings. The smallest absolute Gasteiger partial charge is 0.191 e. The van der Waals surface area contributed by atoms with Gasteiger partial charge in [-0.1, -0.05) is 30.3 Å². The molecule has 2 heterocycles. The first-order valence-corrected chi connectivity index (χ1v) is 9.41. The molecular formula is C21H27IN6O. The molecule has 3 aromatic rings. The van der Waals surface area contributed by atoms with Gasteiger partial charge in [0.1, 0.15) is 12.1 Å². The lowest BCUT2D eigenvalue weighted by Gasteiger charge is -2.18. The summed E-state index contributed by atoms with van der Waals surface area (Å²) >= 11 is 0. The molecule has 3 N–H and O–H groups in total. The highest BCUT2D eigenvalue weighted by atomic mass is 127. The van der Waals surface area contributed by atoms with Crippen molar-refractivity contribution in [2.45, 2.75) is 19.4 Å². The van der Waals surface area contributed by atoms with Gasteiger partial charge in [-0.15, -0.1) is 24.0 Å². The van der Waals surface area contributed by atoms with Crippen molar-refractivity contribution in [3.05, 3.63) is 78.5 Å². The molecule has 0 radical (unpaired) electrons. The van der Waals surface area contributed by atoms with Crippen molar-refractivity contribution < 1.29 is 5.11 Å². The van der Waals surface area contributed by atoms with Crippen LogP contribution in [0.3, 0.4) is 0 Å². The number of nitrogens with one attached hydrogen (secondary N) is 2. The Balaban J connectivity index is 0.00000300. The van der Waals surface area contributed by atoms with Crippen LogP contribution >= 0.6 is 24.0 Å². The zero-order valence-corrected chi connectivity index (χ0v) is 18.7. The van der Waals surface area contributed by atoms with Crippen molar-refractivity contribution >= 4 is 29.9 Å². The highest BCUT2D eigenvalue weighted by Gasteiger charge is 2.10. The van der Waals surface area contributed by atoms with Crippen LogP contribution in [0, 0.1) is 0 Å². The maximum Gasteiger partial charge on any atom is 0.191 e. The highest BCUT2D eigenvalue weighted by molar-refractivity contribution is 14.0. The van der Waals surface area contributed by atoms with E-state index in [4.69, 9.17) is 0 Å². The number of aromatic nitrogens is 3. The van der Waals surface area contributed by atoms with Gasteiger partial charge in [-0.2, -0.15) is 0 Å². The second-order valence-corrected chi connectivity index (χ2v) is 6.36. The fourth-order valence-corrected chi connectivity index (χ4v) is 2.84. The van der Waals surface area contributed by atoms with Crippen molar-refractivity contribution in [3.63, 3.8) is 0 Å². The number of aliphatic hydroxyl groups excluding tert-OH is 1. The molecule has 0 saturated heterocycles. The molecule has 0 fully saturated rings. The number of aliphatic hydroxyl groups is 1. The van der Waals surface area contributed by atoms with E-state index in [2.05, 4.69) is 25.6 Å². The Morgan fingerprint density at radius 1 is 1.17 bits per heavy atom. The van der Waals surface area contributed by atoms with E-state index < -0.39 is 0 Å². The minimum atomic E-state index is 0. The van der Waals surface area contributed by atoms with E-state index in [0.29, 0.717) is 13.1 Å². The van der Waals surface area contributed by atoms with Crippen LogP contribution in [0.1, 0.15) is 24.0 Å². The fraction of sp³-hybridized carbons (Fsp3) is 0.286. The molecule has 7 nitrogen and oxygen atoms in total. The van der Waals surface area contributed by atoms with Crippen LogP contribution < -0.4 is 10.6 Å². The van der Waals surface area contributed by atoms with Crippen molar-refractivity contribution in [2.75, 3.05) is 19.7 Å². The highest BCUT2D eigenvalue weighted by Crippen LogP contribution is 2.13. The summed E-state index contributed by atoms with van der Waals surface area (Å²) in [6.45, 7) is 3.99. The fourth-order valence-electron chi connectivity index (χ4n) is 2.84. The van der Waals surface area contributed by atoms with Crippen molar-refractivity contribution in [3.8, 4) is 5.82 Å². The summed E-state index contributed by atoms with van der Waals surface area (Å²) in [5, 5.41) is 16.3. The number of benzene rings is 1. The largest absolute Gasteiger partial charge is 0.396 e. The minimum Gasteiger partial charge on any atom is -0.396 e. The second kappa shape index (κ2) is 12.2. The van der Waals surface area contributed by atoms with Crippen LogP contribution in [0.25, 0.3) is 5.82 Å². The average molecular weight is 506 g/mol. The molecule has 2 aromatic heterocycles. The summed E-state index contributed by atoms with van der Waals surface area (Å²) in [4.78, 5) is 13.1. The molecule has 1 aromatic carbocycles. The van der Waals surface area contributed by atoms with Crippen LogP contribution in [0.5, 0.6) is 0 Å². The number of nitrogens with zero attached hydrogens (tertiary/aromatic N) is 4. The Kier molecular flexibility index (Phi) is 9.58. The normalized spacial score (nSPS) is 12.1. The average Bonchev–Trinajstić information content (AvgIpc) is 3.28. The van der Waals surface area contributed by atoms with E-state index in [1.165, 1.54) is 0 Å². The molecule has 1 unspecified atom stereocenters. The Morgan fingerprint density at radius 3 is 2.69 bits per heavy atom. The maximum absolute atomic E-state index is 9.74. The summed E-state index contributed by atoms with van der Waals surface area (Å²) < 4.78 is 1.86. The van der Waals surface area contributed by atoms with Gasteiger partial charge in [-0.05, 0) is 30.2 Å². The van der Waals surface area contributed by atoms with E-state index in [0.717, 1.165) is 29.4 Å². The molecule has 0 saturated carbocycles. The second-order valence-electron chi connectivity index (χ2n) is 6.36. The minimum absolute atomic E-state index is 0. The molecule has 0 amide bonds. The molecule has 0 bridgehead atoms. The standard InChI is InChI=1S/C21H26N6O.HI/c1-2-23-21(26-14-19(15-28)18-6-4-3-5-7-18)25-13-17-8-9-24-20(12-17)27-11-10-22-16-27;/h3-12,16,19,28H,2,13-15H2,1H3,(H2,23,25,26);1H. The third-order valence-electron chi connectivity index (χ3n) is 4.35. The Hall–Kier alpha value is -2.46. The molecule has 0 aliphatic carbocycles. The number of aliphatic imine (C=N–C) groups is 1. The van der Waals surface area contributed by atoms with E-state index in [1.807, 2.05) is 60.2 Å². The first-order valence-electron chi connectivity index (χ1n) is 9.41. The van der Waals surface area contributed by atoms with Gasteiger partial charge in [-0.3, -0.25) is 4.57 Å². The maximum atomic E-state index is 9.74. The molecule has 1 atom stereocenters. The third-order valence-corrected chi connectivity index (χ3v) is 4.35. The van der Waals surface area contributed by atoms with Gasteiger partial charge >= 0.3 is 0 Å². The Labute approximate surface area is 188 Å². The summed E-state index contributed by atoms with van der Waals surface area (Å²) in [5.74, 6) is 1.55. The predicted octanol–water partition coefficient (Wildman–Crippen LogP) is 2.72. The SMILES string of the molecule is CCNC(=NCc1ccnc(-n2ccnc2)c1)NCC(CO)c1ccccc1.I. The molecule has 154 valence electrons. The first kappa shape index (κ1) is 22.8. The summed E-state index contributed by atoms with van der Waals surface area (Å²) in [6.07, 6.45) is 7.08. The van der Waals surface area contributed by atoms with Crippen LogP contribution in [0.4, 0.5) is 0 Å². The molecule has 3 rings (SSSR count). The van der Waals surface area contributed by atoms with Gasteiger partial charge in [0.25, 0.3) is 0 Å². The molecule has 0 aliphatic heterocycles. The van der Waals surface area contributed by atoms with Crippen LogP contribution in [0.15, 0.2) is 72.4 Å². The van der Waals surface area contributed by atoms with Gasteiger partial charge in [0.05, 0.1) is 13.2 Å². The zero-order valence-electron chi connectivity index (χ0n) is 16.4. The number of halogens is 1. The van der Waals surface area contributed by atoms with Gasteiger partial charge < -0.3 is 15.7 Å². The van der Waals surface area contributed by atoms with E-state index in [1.54, 1.807) is 18.7 Å². The van der Waals surface area contributed by atoms with Crippen LogP contribution in [-0.4, -0.2) is 45.3 Å². The number of rotatable bonds is 8. The van der Waals surface area contributed by atoms with Crippen LogP contribution in [-0.2, 0) is 6.54 Å². The lowest BCUT2D eigenvalue weighted by atomic mass is 10.0. The lowest BCUT2D eigenvalue weighted by Crippen LogP contribution is -2.39. The summed E-state index contributed by atoms with van der Waals surface area (Å²) in [5.41, 5.74) is 2.16. The number of guanidine groups is 1. The predicted molar refractivity (Wildman–Crippen MR) is 126 cm³/mol. The summed E-state index contributed by atoms with van der Waals surface area (Å²) in [6, 6.07) is 14.0. The van der Waals surface area contributed by atoms with Gasteiger partial charge in [0.15, 0.2) is 5.96 Å². The van der Waals surface area contributed by atoms with Crippen molar-refractivity contribution in [1.29, 1.82) is 0 Å². The number of hydrogen-bond acceptors (Lipinski definition) is 4. The molecular weight excluding hydrogens is 479 g/mol. The quantitative estimate of drug-likeness (QED) is 0.249. The molecule has 29 heavy (non-hydrogen) atoms. The molecule has 8 heteroatoms. The van der Waals surface area contributed by atoms with Gasteiger partial charge in [-0.25, -0.2) is 15.0 Å². The van der Waals surface area contributed by atoms with E-state index >= 15 is 0 Å². The van der Waals surface area contributed by atoms with Gasteiger partial charge in [0.2, 0.25) is 0 Å².